The lowest BCUT2D eigenvalue weighted by atomic mass is 10.1. The van der Waals surface area contributed by atoms with Crippen LogP contribution in [0.25, 0.3) is 0 Å². The van der Waals surface area contributed by atoms with Gasteiger partial charge < -0.3 is 5.32 Å². The summed E-state index contributed by atoms with van der Waals surface area (Å²) in [5.41, 5.74) is 3.96. The van der Waals surface area contributed by atoms with Gasteiger partial charge in [0, 0.05) is 5.69 Å². The maximum atomic E-state index is 12.4. The number of amides is 1. The van der Waals surface area contributed by atoms with E-state index in [-0.39, 0.29) is 11.9 Å². The summed E-state index contributed by atoms with van der Waals surface area (Å²) in [6, 6.07) is 5.65. The summed E-state index contributed by atoms with van der Waals surface area (Å²) in [6.07, 6.45) is 1.71. The van der Waals surface area contributed by atoms with Crippen LogP contribution >= 0.6 is 15.9 Å². The molecule has 0 bridgehead atoms. The molecule has 1 aromatic heterocycles. The van der Waals surface area contributed by atoms with Crippen LogP contribution in [0.1, 0.15) is 29.8 Å². The lowest BCUT2D eigenvalue weighted by Gasteiger charge is -2.16. The summed E-state index contributed by atoms with van der Waals surface area (Å²) in [7, 11) is 0. The van der Waals surface area contributed by atoms with Crippen LogP contribution in [0.4, 0.5) is 5.69 Å². The second-order valence-electron chi connectivity index (χ2n) is 5.01. The summed E-state index contributed by atoms with van der Waals surface area (Å²) < 4.78 is 2.62. The highest BCUT2D eigenvalue weighted by Gasteiger charge is 2.19. The summed E-state index contributed by atoms with van der Waals surface area (Å²) in [5, 5.41) is 7.20. The van der Waals surface area contributed by atoms with Crippen LogP contribution in [0.15, 0.2) is 28.9 Å². The Hall–Kier alpha value is -1.62. The third-order valence-electron chi connectivity index (χ3n) is 3.38. The first-order valence-corrected chi connectivity index (χ1v) is 7.27. The van der Waals surface area contributed by atoms with E-state index in [0.29, 0.717) is 0 Å². The van der Waals surface area contributed by atoms with Crippen LogP contribution in [-0.4, -0.2) is 15.7 Å². The molecule has 0 aliphatic heterocycles. The average Bonchev–Trinajstić information content (AvgIpc) is 2.73. The van der Waals surface area contributed by atoms with Gasteiger partial charge in [0.15, 0.2) is 0 Å². The van der Waals surface area contributed by atoms with Crippen molar-refractivity contribution < 1.29 is 4.79 Å². The van der Waals surface area contributed by atoms with Crippen molar-refractivity contribution in [3.63, 3.8) is 0 Å². The topological polar surface area (TPSA) is 46.9 Å². The van der Waals surface area contributed by atoms with Crippen molar-refractivity contribution in [2.75, 3.05) is 5.32 Å². The molecule has 1 atom stereocenters. The zero-order chi connectivity index (χ0) is 14.9. The molecular weight excluding hydrogens is 318 g/mol. The number of anilines is 1. The number of hydrogen-bond acceptors (Lipinski definition) is 2. The van der Waals surface area contributed by atoms with Crippen molar-refractivity contribution in [1.82, 2.24) is 9.78 Å². The zero-order valence-electron chi connectivity index (χ0n) is 12.1. The van der Waals surface area contributed by atoms with Crippen molar-refractivity contribution in [3.05, 3.63) is 45.7 Å². The molecule has 0 radical (unpaired) electrons. The van der Waals surface area contributed by atoms with E-state index in [2.05, 4.69) is 26.3 Å². The number of halogens is 1. The van der Waals surface area contributed by atoms with Crippen LogP contribution in [0.3, 0.4) is 0 Å². The molecule has 106 valence electrons. The standard InChI is InChI=1S/C15H18BrN3O/c1-9-5-6-10(2)14(7-9)18-15(20)12(4)19-11(3)13(16)8-17-19/h5-8,12H,1-4H3,(H,18,20). The first-order valence-electron chi connectivity index (χ1n) is 6.48. The van der Waals surface area contributed by atoms with Gasteiger partial charge in [0.2, 0.25) is 5.91 Å². The van der Waals surface area contributed by atoms with E-state index in [4.69, 9.17) is 0 Å². The third-order valence-corrected chi connectivity index (χ3v) is 4.16. The molecule has 2 aromatic rings. The second-order valence-corrected chi connectivity index (χ2v) is 5.86. The van der Waals surface area contributed by atoms with E-state index >= 15 is 0 Å². The molecule has 0 aliphatic rings. The van der Waals surface area contributed by atoms with E-state index in [1.165, 1.54) is 0 Å². The summed E-state index contributed by atoms with van der Waals surface area (Å²) in [5.74, 6) is -0.0719. The number of nitrogens with zero attached hydrogens (tertiary/aromatic N) is 2. The first kappa shape index (κ1) is 14.8. The number of aromatic nitrogens is 2. The van der Waals surface area contributed by atoms with Crippen LogP contribution in [-0.2, 0) is 4.79 Å². The van der Waals surface area contributed by atoms with Crippen molar-refractivity contribution >= 4 is 27.5 Å². The number of carbonyl (C=O) groups excluding carboxylic acids is 1. The zero-order valence-corrected chi connectivity index (χ0v) is 13.7. The number of nitrogens with one attached hydrogen (secondary N) is 1. The Morgan fingerprint density at radius 2 is 2.05 bits per heavy atom. The highest BCUT2D eigenvalue weighted by molar-refractivity contribution is 9.10. The van der Waals surface area contributed by atoms with Gasteiger partial charge in [0.05, 0.1) is 16.4 Å². The van der Waals surface area contributed by atoms with Crippen molar-refractivity contribution in [1.29, 1.82) is 0 Å². The lowest BCUT2D eigenvalue weighted by Crippen LogP contribution is -2.25. The van der Waals surface area contributed by atoms with Gasteiger partial charge in [0.25, 0.3) is 0 Å². The minimum atomic E-state index is -0.360. The van der Waals surface area contributed by atoms with Gasteiger partial charge in [-0.2, -0.15) is 5.10 Å². The van der Waals surface area contributed by atoms with Crippen LogP contribution in [0.2, 0.25) is 0 Å². The molecule has 1 aromatic carbocycles. The molecule has 0 aliphatic carbocycles. The molecule has 0 fully saturated rings. The van der Waals surface area contributed by atoms with Crippen LogP contribution < -0.4 is 5.32 Å². The van der Waals surface area contributed by atoms with Crippen LogP contribution in [0, 0.1) is 20.8 Å². The van der Waals surface area contributed by atoms with E-state index < -0.39 is 0 Å². The van der Waals surface area contributed by atoms with E-state index in [0.717, 1.165) is 27.0 Å². The molecule has 4 nitrogen and oxygen atoms in total. The van der Waals surface area contributed by atoms with Crippen molar-refractivity contribution in [3.8, 4) is 0 Å². The molecule has 20 heavy (non-hydrogen) atoms. The Bertz CT molecular complexity index is 649. The first-order chi connectivity index (χ1) is 9.40. The van der Waals surface area contributed by atoms with Gasteiger partial charge >= 0.3 is 0 Å². The fourth-order valence-electron chi connectivity index (χ4n) is 2.01. The molecule has 1 N–H and O–H groups in total. The number of carbonyl (C=O) groups is 1. The quantitative estimate of drug-likeness (QED) is 0.927. The number of rotatable bonds is 3. The van der Waals surface area contributed by atoms with Gasteiger partial charge in [-0.3, -0.25) is 9.48 Å². The minimum absolute atomic E-state index is 0.0719. The Balaban J connectivity index is 2.20. The second kappa shape index (κ2) is 5.79. The molecule has 0 saturated carbocycles. The number of hydrogen-bond donors (Lipinski definition) is 1. The van der Waals surface area contributed by atoms with Gasteiger partial charge in [-0.1, -0.05) is 12.1 Å². The van der Waals surface area contributed by atoms with E-state index in [1.807, 2.05) is 45.9 Å². The highest BCUT2D eigenvalue weighted by atomic mass is 79.9. The Morgan fingerprint density at radius 3 is 2.65 bits per heavy atom. The predicted octanol–water partition coefficient (Wildman–Crippen LogP) is 3.77. The fourth-order valence-corrected chi connectivity index (χ4v) is 2.28. The van der Waals surface area contributed by atoms with E-state index in [9.17, 15) is 4.79 Å². The summed E-state index contributed by atoms with van der Waals surface area (Å²) >= 11 is 3.41. The van der Waals surface area contributed by atoms with Crippen molar-refractivity contribution in [2.45, 2.75) is 33.7 Å². The average molecular weight is 336 g/mol. The summed E-state index contributed by atoms with van der Waals surface area (Å²) in [6.45, 7) is 7.76. The van der Waals surface area contributed by atoms with Crippen molar-refractivity contribution in [2.24, 2.45) is 0 Å². The van der Waals surface area contributed by atoms with Gasteiger partial charge in [-0.25, -0.2) is 0 Å². The molecular formula is C15H18BrN3O. The highest BCUT2D eigenvalue weighted by Crippen LogP contribution is 2.21. The van der Waals surface area contributed by atoms with Gasteiger partial charge in [-0.15, -0.1) is 0 Å². The molecule has 0 spiro atoms. The van der Waals surface area contributed by atoms with Gasteiger partial charge in [0.1, 0.15) is 6.04 Å². The maximum Gasteiger partial charge on any atom is 0.248 e. The smallest absolute Gasteiger partial charge is 0.248 e. The maximum absolute atomic E-state index is 12.4. The molecule has 2 rings (SSSR count). The molecule has 1 heterocycles. The lowest BCUT2D eigenvalue weighted by molar-refractivity contribution is -0.119. The molecule has 1 amide bonds. The minimum Gasteiger partial charge on any atom is -0.324 e. The fraction of sp³-hybridized carbons (Fsp3) is 0.333. The van der Waals surface area contributed by atoms with E-state index in [1.54, 1.807) is 10.9 Å². The predicted molar refractivity (Wildman–Crippen MR) is 83.9 cm³/mol. The van der Waals surface area contributed by atoms with Gasteiger partial charge in [-0.05, 0) is 60.8 Å². The van der Waals surface area contributed by atoms with Crippen LogP contribution in [0.5, 0.6) is 0 Å². The Kier molecular flexibility index (Phi) is 4.28. The Morgan fingerprint density at radius 1 is 1.35 bits per heavy atom. The number of aryl methyl sites for hydroxylation is 2. The Labute approximate surface area is 127 Å². The molecule has 0 saturated heterocycles. The largest absolute Gasteiger partial charge is 0.324 e. The molecule has 1 unspecified atom stereocenters. The third kappa shape index (κ3) is 2.93. The summed E-state index contributed by atoms with van der Waals surface area (Å²) in [4.78, 5) is 12.4. The SMILES string of the molecule is Cc1ccc(C)c(NC(=O)C(C)n2ncc(Br)c2C)c1. The molecule has 5 heteroatoms. The number of benzene rings is 1. The normalized spacial score (nSPS) is 12.2. The monoisotopic (exact) mass is 335 g/mol.